The molecule has 4 nitrogen and oxygen atoms in total. The molecule has 32 heavy (non-hydrogen) atoms. The van der Waals surface area contributed by atoms with Gasteiger partial charge in [0, 0.05) is 17.1 Å². The van der Waals surface area contributed by atoms with Crippen molar-refractivity contribution in [2.24, 2.45) is 5.16 Å². The molecule has 0 heterocycles. The molecular formula is C26H37ClN2O2Si. The molecule has 0 spiro atoms. The summed E-state index contributed by atoms with van der Waals surface area (Å²) < 4.78 is 7.09. The van der Waals surface area contributed by atoms with E-state index in [4.69, 9.17) is 16.0 Å². The van der Waals surface area contributed by atoms with E-state index in [1.54, 1.807) is 0 Å². The van der Waals surface area contributed by atoms with Crippen molar-refractivity contribution in [3.63, 3.8) is 0 Å². The lowest BCUT2D eigenvalue weighted by atomic mass is 9.74. The summed E-state index contributed by atoms with van der Waals surface area (Å²) in [4.78, 5) is 0. The number of halogens is 1. The summed E-state index contributed by atoms with van der Waals surface area (Å²) in [7, 11) is -2.03. The van der Waals surface area contributed by atoms with Crippen molar-refractivity contribution in [3.8, 4) is 0 Å². The third-order valence-corrected chi connectivity index (χ3v) is 12.0. The molecule has 2 N–H and O–H groups in total. The van der Waals surface area contributed by atoms with Crippen LogP contribution < -0.4 is 5.32 Å². The minimum Gasteiger partial charge on any atom is -0.411 e. The number of amidine groups is 1. The van der Waals surface area contributed by atoms with Crippen LogP contribution >= 0.6 is 11.6 Å². The largest absolute Gasteiger partial charge is 0.411 e. The Balaban J connectivity index is 1.82. The van der Waals surface area contributed by atoms with Crippen LogP contribution in [0.15, 0.2) is 59.8 Å². The van der Waals surface area contributed by atoms with Gasteiger partial charge >= 0.3 is 0 Å². The van der Waals surface area contributed by atoms with Crippen molar-refractivity contribution in [1.29, 1.82) is 0 Å². The normalized spacial score (nSPS) is 22.6. The monoisotopic (exact) mass is 472 g/mol. The number of rotatable bonds is 6. The van der Waals surface area contributed by atoms with E-state index >= 15 is 0 Å². The van der Waals surface area contributed by atoms with Gasteiger partial charge in [0.2, 0.25) is 0 Å². The van der Waals surface area contributed by atoms with Crippen molar-refractivity contribution >= 4 is 31.4 Å². The number of hydrogen-bond acceptors (Lipinski definition) is 3. The van der Waals surface area contributed by atoms with Gasteiger partial charge in [-0.15, -0.1) is 0 Å². The van der Waals surface area contributed by atoms with Gasteiger partial charge in [-0.1, -0.05) is 73.9 Å². The lowest BCUT2D eigenvalue weighted by molar-refractivity contribution is 0.0174. The molecule has 2 aromatic carbocycles. The van der Waals surface area contributed by atoms with Gasteiger partial charge in [0.05, 0.1) is 5.60 Å². The van der Waals surface area contributed by atoms with Crippen LogP contribution in [0, 0.1) is 0 Å². The molecule has 174 valence electrons. The minimum absolute atomic E-state index is 0.104. The second-order valence-electron chi connectivity index (χ2n) is 10.6. The summed E-state index contributed by atoms with van der Waals surface area (Å²) in [5, 5.41) is 17.5. The Bertz CT molecular complexity index is 917. The second-order valence-corrected chi connectivity index (χ2v) is 15.8. The Hall–Kier alpha value is -1.82. The highest BCUT2D eigenvalue weighted by atomic mass is 35.5. The fraction of sp³-hybridized carbons (Fsp3) is 0.500. The smallest absolute Gasteiger partial charge is 0.192 e. The summed E-state index contributed by atoms with van der Waals surface area (Å²) in [6, 6.07) is 18.2. The third-order valence-electron chi connectivity index (χ3n) is 7.17. The van der Waals surface area contributed by atoms with Gasteiger partial charge in [0.25, 0.3) is 0 Å². The third kappa shape index (κ3) is 6.15. The number of anilines is 1. The fourth-order valence-electron chi connectivity index (χ4n) is 4.35. The molecule has 2 aromatic rings. The van der Waals surface area contributed by atoms with Crippen molar-refractivity contribution < 1.29 is 9.63 Å². The van der Waals surface area contributed by atoms with E-state index in [9.17, 15) is 5.21 Å². The molecule has 1 saturated carbocycles. The van der Waals surface area contributed by atoms with Crippen LogP contribution in [-0.2, 0) is 4.43 Å². The molecule has 0 amide bonds. The molecule has 1 aliphatic rings. The molecule has 0 atom stereocenters. The number of hydrogen-bond donors (Lipinski definition) is 2. The Morgan fingerprint density at radius 2 is 1.78 bits per heavy atom. The zero-order valence-corrected chi connectivity index (χ0v) is 21.7. The van der Waals surface area contributed by atoms with E-state index in [-0.39, 0.29) is 10.6 Å². The van der Waals surface area contributed by atoms with Gasteiger partial charge in [-0.3, -0.25) is 0 Å². The predicted molar refractivity (Wildman–Crippen MR) is 138 cm³/mol. The van der Waals surface area contributed by atoms with E-state index in [1.807, 2.05) is 24.3 Å². The molecule has 6 heteroatoms. The first-order valence-corrected chi connectivity index (χ1v) is 14.8. The molecule has 3 rings (SSSR count). The van der Waals surface area contributed by atoms with Gasteiger partial charge in [-0.05, 0) is 73.5 Å². The van der Waals surface area contributed by atoms with E-state index in [0.29, 0.717) is 23.2 Å². The zero-order chi connectivity index (χ0) is 23.4. The van der Waals surface area contributed by atoms with E-state index < -0.39 is 8.32 Å². The van der Waals surface area contributed by atoms with E-state index in [1.165, 1.54) is 5.56 Å². The van der Waals surface area contributed by atoms with E-state index in [2.05, 4.69) is 74.7 Å². The average Bonchev–Trinajstić information content (AvgIpc) is 2.73. The molecule has 0 aliphatic heterocycles. The zero-order valence-electron chi connectivity index (χ0n) is 20.0. The van der Waals surface area contributed by atoms with Crippen LogP contribution in [0.1, 0.15) is 64.4 Å². The summed E-state index contributed by atoms with van der Waals surface area (Å²) in [5.41, 5.74) is 1.87. The first-order chi connectivity index (χ1) is 15.0. The maximum Gasteiger partial charge on any atom is 0.192 e. The molecule has 0 unspecified atom stereocenters. The molecule has 1 fully saturated rings. The van der Waals surface area contributed by atoms with Gasteiger partial charge in [0.15, 0.2) is 8.32 Å². The number of nitrogens with zero attached hydrogens (tertiary/aromatic N) is 1. The van der Waals surface area contributed by atoms with Crippen molar-refractivity contribution in [3.05, 3.63) is 65.2 Å². The van der Waals surface area contributed by atoms with Crippen LogP contribution in [0.25, 0.3) is 0 Å². The van der Waals surface area contributed by atoms with Crippen molar-refractivity contribution in [1.82, 2.24) is 0 Å². The minimum atomic E-state index is -2.03. The van der Waals surface area contributed by atoms with Crippen LogP contribution in [-0.4, -0.2) is 25.0 Å². The molecule has 0 radical (unpaired) electrons. The number of benzene rings is 2. The maximum absolute atomic E-state index is 9.84. The van der Waals surface area contributed by atoms with E-state index in [0.717, 1.165) is 31.4 Å². The average molecular weight is 473 g/mol. The SMILES string of the molecule is CC(C)(C)[Si](C)(C)O[C@]1(C/C(=N/O)Nc2cccc(Cl)c2)CC[C@@H](c2ccccc2)CC1. The van der Waals surface area contributed by atoms with Crippen LogP contribution in [0.4, 0.5) is 5.69 Å². The Kier molecular flexibility index (Phi) is 7.74. The maximum atomic E-state index is 9.84. The van der Waals surface area contributed by atoms with Crippen LogP contribution in [0.5, 0.6) is 0 Å². The first kappa shape index (κ1) is 24.8. The summed E-state index contributed by atoms with van der Waals surface area (Å²) in [6.07, 6.45) is 4.55. The molecule has 0 bridgehead atoms. The lowest BCUT2D eigenvalue weighted by Crippen LogP contribution is -2.52. The van der Waals surface area contributed by atoms with Crippen LogP contribution in [0.2, 0.25) is 23.2 Å². The van der Waals surface area contributed by atoms with Crippen LogP contribution in [0.3, 0.4) is 0 Å². The summed E-state index contributed by atoms with van der Waals surface area (Å²) in [6.45, 7) is 11.4. The molecule has 1 aliphatic carbocycles. The Morgan fingerprint density at radius 3 is 2.34 bits per heavy atom. The summed E-state index contributed by atoms with van der Waals surface area (Å²) in [5.74, 6) is 1.06. The molecule has 0 saturated heterocycles. The topological polar surface area (TPSA) is 53.9 Å². The number of oxime groups is 1. The Morgan fingerprint density at radius 1 is 1.12 bits per heavy atom. The van der Waals surface area contributed by atoms with Gasteiger partial charge in [-0.2, -0.15) is 0 Å². The predicted octanol–water partition coefficient (Wildman–Crippen LogP) is 8.05. The molecule has 0 aromatic heterocycles. The Labute approximate surface area is 199 Å². The quantitative estimate of drug-likeness (QED) is 0.147. The fourth-order valence-corrected chi connectivity index (χ4v) is 6.21. The van der Waals surface area contributed by atoms with Crippen molar-refractivity contribution in [2.75, 3.05) is 5.32 Å². The van der Waals surface area contributed by atoms with Crippen molar-refractivity contribution in [2.45, 2.75) is 82.5 Å². The summed E-state index contributed by atoms with van der Waals surface area (Å²) >= 11 is 6.14. The number of nitrogens with one attached hydrogen (secondary N) is 1. The standard InChI is InChI=1S/C26H37ClN2O2Si/c1-25(2,3)32(4,5)31-26(16-14-21(15-17-26)20-10-7-6-8-11-20)19-24(29-30)28-23-13-9-12-22(27)18-23/h6-13,18,21,30H,14-17,19H2,1-5H3,(H,28,29)/t21-,26-. The highest BCUT2D eigenvalue weighted by Crippen LogP contribution is 2.47. The lowest BCUT2D eigenvalue weighted by Gasteiger charge is -2.48. The molecular weight excluding hydrogens is 436 g/mol. The van der Waals surface area contributed by atoms with Gasteiger partial charge in [0.1, 0.15) is 5.84 Å². The van der Waals surface area contributed by atoms with Gasteiger partial charge in [-0.25, -0.2) is 0 Å². The van der Waals surface area contributed by atoms with Gasteiger partial charge < -0.3 is 15.0 Å². The second kappa shape index (κ2) is 9.98. The highest BCUT2D eigenvalue weighted by Gasteiger charge is 2.47. The highest BCUT2D eigenvalue weighted by molar-refractivity contribution is 6.74. The first-order valence-electron chi connectivity index (χ1n) is 11.5.